The Morgan fingerprint density at radius 2 is 1.50 bits per heavy atom. The number of hydrogen-bond acceptors (Lipinski definition) is 2. The quantitative estimate of drug-likeness (QED) is 0.624. The number of carbonyl (C=O) groups excluding carboxylic acids is 1. The Bertz CT molecular complexity index is 1030. The molecule has 1 aromatic carbocycles. The van der Waals surface area contributed by atoms with Crippen molar-refractivity contribution in [3.8, 4) is 0 Å². The summed E-state index contributed by atoms with van der Waals surface area (Å²) in [7, 11) is 0. The molecule has 0 aliphatic heterocycles. The fourth-order valence-electron chi connectivity index (χ4n) is 2.89. The number of aryl methyl sites for hydroxylation is 3. The molecule has 0 saturated heterocycles. The molecule has 178 valence electrons. The van der Waals surface area contributed by atoms with Gasteiger partial charge in [-0.2, -0.15) is 0 Å². The highest BCUT2D eigenvalue weighted by Crippen LogP contribution is 2.20. The maximum absolute atomic E-state index is 12.5. The summed E-state index contributed by atoms with van der Waals surface area (Å²) in [4.78, 5) is 24.8. The minimum Gasteiger partial charge on any atom is -0.326 e. The Morgan fingerprint density at radius 3 is 2.03 bits per heavy atom. The lowest BCUT2D eigenvalue weighted by atomic mass is 10.0. The zero-order valence-corrected chi connectivity index (χ0v) is 22.0. The van der Waals surface area contributed by atoms with Gasteiger partial charge in [0.15, 0.2) is 0 Å². The predicted octanol–water partition coefficient (Wildman–Crippen LogP) is 5.95. The molecule has 0 aliphatic rings. The van der Waals surface area contributed by atoms with Crippen LogP contribution in [0.1, 0.15) is 78.0 Å². The lowest BCUT2D eigenvalue weighted by molar-refractivity contribution is -0.115. The Hall–Kier alpha value is -2.88. The van der Waals surface area contributed by atoms with E-state index in [2.05, 4.69) is 18.5 Å². The van der Waals surface area contributed by atoms with Gasteiger partial charge in [-0.05, 0) is 61.2 Å². The second kappa shape index (κ2) is 16.8. The summed E-state index contributed by atoms with van der Waals surface area (Å²) in [6.07, 6.45) is 2.70. The minimum atomic E-state index is -0.211. The number of hydrogen-bond donors (Lipinski definition) is 1. The van der Waals surface area contributed by atoms with Crippen LogP contribution in [-0.4, -0.2) is 10.5 Å². The molecule has 4 heteroatoms. The molecule has 0 fully saturated rings. The van der Waals surface area contributed by atoms with Crippen LogP contribution >= 0.6 is 0 Å². The van der Waals surface area contributed by atoms with Crippen LogP contribution in [0.25, 0.3) is 18.4 Å². The van der Waals surface area contributed by atoms with Gasteiger partial charge >= 0.3 is 0 Å². The Balaban J connectivity index is 0. The van der Waals surface area contributed by atoms with Gasteiger partial charge < -0.3 is 5.32 Å². The van der Waals surface area contributed by atoms with E-state index in [0.717, 1.165) is 28.5 Å². The third kappa shape index (κ3) is 9.09. The van der Waals surface area contributed by atoms with Gasteiger partial charge in [0.2, 0.25) is 5.91 Å². The molecular weight excluding hydrogens is 396 g/mol. The molecular formula is C28H44N2O2. The highest BCUT2D eigenvalue weighted by Gasteiger charge is 2.11. The maximum atomic E-state index is 12.5. The maximum Gasteiger partial charge on any atom is 0.255 e. The van der Waals surface area contributed by atoms with E-state index < -0.39 is 0 Å². The molecule has 0 unspecified atom stereocenters. The van der Waals surface area contributed by atoms with Crippen LogP contribution in [0.3, 0.4) is 0 Å². The van der Waals surface area contributed by atoms with Crippen molar-refractivity contribution in [2.75, 3.05) is 5.32 Å². The molecule has 0 saturated carbocycles. The first-order valence-electron chi connectivity index (χ1n) is 11.7. The average Bonchev–Trinajstić information content (AvgIpc) is 2.79. The van der Waals surface area contributed by atoms with Crippen LogP contribution in [0.2, 0.25) is 0 Å². The van der Waals surface area contributed by atoms with Crippen LogP contribution in [0.4, 0.5) is 5.69 Å². The van der Waals surface area contributed by atoms with Crippen molar-refractivity contribution >= 4 is 29.9 Å². The van der Waals surface area contributed by atoms with E-state index in [1.54, 1.807) is 6.07 Å². The van der Waals surface area contributed by atoms with Crippen molar-refractivity contribution in [3.05, 3.63) is 68.5 Å². The summed E-state index contributed by atoms with van der Waals surface area (Å²) in [5.74, 6) is -0.204. The predicted molar refractivity (Wildman–Crippen MR) is 144 cm³/mol. The Kier molecular flexibility index (Phi) is 16.4. The Morgan fingerprint density at radius 1 is 0.969 bits per heavy atom. The second-order valence-electron chi connectivity index (χ2n) is 6.57. The largest absolute Gasteiger partial charge is 0.326 e. The lowest BCUT2D eigenvalue weighted by Crippen LogP contribution is -2.41. The van der Waals surface area contributed by atoms with Crippen molar-refractivity contribution in [2.24, 2.45) is 0 Å². The van der Waals surface area contributed by atoms with Gasteiger partial charge in [0.25, 0.3) is 5.56 Å². The second-order valence-corrected chi connectivity index (χ2v) is 6.57. The summed E-state index contributed by atoms with van der Waals surface area (Å²) in [6, 6.07) is 7.15. The molecule has 0 atom stereocenters. The van der Waals surface area contributed by atoms with Crippen molar-refractivity contribution in [3.63, 3.8) is 0 Å². The van der Waals surface area contributed by atoms with Gasteiger partial charge in [0.1, 0.15) is 0 Å². The first kappa shape index (κ1) is 31.3. The van der Waals surface area contributed by atoms with Crippen molar-refractivity contribution in [2.45, 2.75) is 82.1 Å². The van der Waals surface area contributed by atoms with E-state index >= 15 is 0 Å². The summed E-state index contributed by atoms with van der Waals surface area (Å²) >= 11 is 0. The Labute approximate surface area is 195 Å². The molecule has 1 amide bonds. The number of rotatable bonds is 5. The molecule has 1 aromatic heterocycles. The highest BCUT2D eigenvalue weighted by molar-refractivity contribution is 5.96. The standard InChI is InChI=1S/C22H26N2O2.3C2H6/c1-7-8-20-14(2)9-10-22(26)24(20)18(6)13-21(25)23-19-12-16(4)15(3)11-17(19)5;3*1-2/h8-12H,2,6-7,13H2,1,3-5H3,(H,23,25);3*1-2H3/b20-8+;;;. The number of nitrogens with zero attached hydrogens (tertiary/aromatic N) is 1. The molecule has 2 aromatic rings. The van der Waals surface area contributed by atoms with Gasteiger partial charge in [-0.1, -0.05) is 73.8 Å². The smallest absolute Gasteiger partial charge is 0.255 e. The number of aromatic nitrogens is 1. The van der Waals surface area contributed by atoms with E-state index in [-0.39, 0.29) is 17.9 Å². The lowest BCUT2D eigenvalue weighted by Gasteiger charge is -2.14. The molecule has 0 aliphatic carbocycles. The molecule has 0 bridgehead atoms. The van der Waals surface area contributed by atoms with Gasteiger partial charge in [-0.3, -0.25) is 14.2 Å². The zero-order chi connectivity index (χ0) is 25.4. The summed E-state index contributed by atoms with van der Waals surface area (Å²) in [6.45, 7) is 27.9. The number of carbonyl (C=O) groups is 1. The van der Waals surface area contributed by atoms with E-state index in [1.807, 2.05) is 87.4 Å². The van der Waals surface area contributed by atoms with E-state index in [1.165, 1.54) is 16.2 Å². The van der Waals surface area contributed by atoms with Gasteiger partial charge in [-0.15, -0.1) is 0 Å². The average molecular weight is 441 g/mol. The first-order valence-corrected chi connectivity index (χ1v) is 11.7. The fraction of sp³-hybridized carbons (Fsp3) is 0.429. The van der Waals surface area contributed by atoms with Crippen molar-refractivity contribution in [1.82, 2.24) is 4.57 Å². The van der Waals surface area contributed by atoms with Crippen molar-refractivity contribution in [1.29, 1.82) is 0 Å². The first-order chi connectivity index (χ1) is 15.2. The monoisotopic (exact) mass is 440 g/mol. The van der Waals surface area contributed by atoms with Gasteiger partial charge in [0, 0.05) is 17.5 Å². The molecule has 1 N–H and O–H groups in total. The van der Waals surface area contributed by atoms with Crippen molar-refractivity contribution < 1.29 is 4.79 Å². The van der Waals surface area contributed by atoms with Gasteiger partial charge in [0.05, 0.1) is 11.8 Å². The number of anilines is 1. The van der Waals surface area contributed by atoms with Crippen LogP contribution in [0, 0.1) is 20.8 Å². The van der Waals surface area contributed by atoms with E-state index in [4.69, 9.17) is 0 Å². The van der Waals surface area contributed by atoms with Crippen LogP contribution in [0.15, 0.2) is 35.6 Å². The third-order valence-electron chi connectivity index (χ3n) is 4.41. The summed E-state index contributed by atoms with van der Waals surface area (Å²) < 4.78 is 1.47. The van der Waals surface area contributed by atoms with Crippen LogP contribution < -0.4 is 21.4 Å². The molecule has 1 heterocycles. The van der Waals surface area contributed by atoms with E-state index in [9.17, 15) is 9.59 Å². The molecule has 2 rings (SSSR count). The van der Waals surface area contributed by atoms with E-state index in [0.29, 0.717) is 11.0 Å². The molecule has 0 spiro atoms. The number of pyridine rings is 1. The number of amides is 1. The highest BCUT2D eigenvalue weighted by atomic mass is 16.2. The summed E-state index contributed by atoms with van der Waals surface area (Å²) in [5.41, 5.74) is 4.30. The summed E-state index contributed by atoms with van der Waals surface area (Å²) in [5, 5.41) is 4.35. The fourth-order valence-corrected chi connectivity index (χ4v) is 2.89. The number of nitrogens with one attached hydrogen (secondary N) is 1. The van der Waals surface area contributed by atoms with Gasteiger partial charge in [-0.25, -0.2) is 0 Å². The zero-order valence-electron chi connectivity index (χ0n) is 22.0. The molecule has 4 nitrogen and oxygen atoms in total. The SMILES string of the molecule is C=C(CC(=O)Nc1cc(C)c(C)cc1C)n1c(=O)ccc(=C)/c1=C\CC.CC.CC.CC. The van der Waals surface area contributed by atoms with Crippen LogP contribution in [0.5, 0.6) is 0 Å². The van der Waals surface area contributed by atoms with Crippen LogP contribution in [-0.2, 0) is 4.79 Å². The molecule has 32 heavy (non-hydrogen) atoms. The minimum absolute atomic E-state index is 0.0281. The molecule has 0 radical (unpaired) electrons. The topological polar surface area (TPSA) is 51.1 Å². The number of benzene rings is 1. The third-order valence-corrected chi connectivity index (χ3v) is 4.41. The normalized spacial score (nSPS) is 9.88.